The van der Waals surface area contributed by atoms with Crippen LogP contribution in [0.4, 0.5) is 13.6 Å². The first kappa shape index (κ1) is 27.4. The van der Waals surface area contributed by atoms with Gasteiger partial charge >= 0.3 is 6.03 Å². The van der Waals surface area contributed by atoms with Crippen LogP contribution in [0.15, 0.2) is 54.6 Å². The van der Waals surface area contributed by atoms with Crippen LogP contribution in [0, 0.1) is 23.0 Å². The molecule has 0 aromatic heterocycles. The molecule has 1 N–H and O–H groups in total. The number of amides is 2. The maximum absolute atomic E-state index is 14.9. The topological polar surface area (TPSA) is 38.8 Å². The third-order valence-corrected chi connectivity index (χ3v) is 10.2. The predicted octanol–water partition coefficient (Wildman–Crippen LogP) is 6.09. The van der Waals surface area contributed by atoms with Crippen LogP contribution in [0.3, 0.4) is 0 Å². The Bertz CT molecular complexity index is 1230. The van der Waals surface area contributed by atoms with Crippen molar-refractivity contribution in [2.24, 2.45) is 11.3 Å². The van der Waals surface area contributed by atoms with E-state index in [1.54, 1.807) is 0 Å². The second-order valence-electron chi connectivity index (χ2n) is 12.4. The molecule has 3 fully saturated rings. The monoisotopic (exact) mass is 548 g/mol. The van der Waals surface area contributed by atoms with Gasteiger partial charge in [-0.1, -0.05) is 49.2 Å². The minimum Gasteiger partial charge on any atom is -0.324 e. The van der Waals surface area contributed by atoms with Crippen molar-refractivity contribution in [3.05, 3.63) is 77.4 Å². The fourth-order valence-electron chi connectivity index (χ4n) is 7.92. The highest BCUT2D eigenvalue weighted by atomic mass is 19.1. The number of hydrogen-bond donors (Lipinski definition) is 1. The molecular weight excluding hydrogens is 506 g/mol. The molecule has 5 nitrogen and oxygen atoms in total. The average Bonchev–Trinajstić information content (AvgIpc) is 3.65. The van der Waals surface area contributed by atoms with Crippen molar-refractivity contribution in [2.75, 3.05) is 46.3 Å². The SMILES string of the molecule is CN[C@@H]1CCN(C(=O)N2CC[C@@H](CN3CC=C(c4ccccc4)C3)C3(CCCC3)C2)[C@H](c2cc(F)ccc2F)C1. The molecule has 3 aliphatic heterocycles. The normalized spacial score (nSPS) is 26.9. The third kappa shape index (κ3) is 5.42. The number of carbonyl (C=O) groups is 1. The van der Waals surface area contributed by atoms with E-state index in [9.17, 15) is 13.6 Å². The summed E-state index contributed by atoms with van der Waals surface area (Å²) < 4.78 is 29.1. The summed E-state index contributed by atoms with van der Waals surface area (Å²) in [6.45, 7) is 5.08. The maximum Gasteiger partial charge on any atom is 0.320 e. The fourth-order valence-corrected chi connectivity index (χ4v) is 7.92. The first-order valence-corrected chi connectivity index (χ1v) is 15.1. The molecule has 1 saturated carbocycles. The Kier molecular flexibility index (Phi) is 7.95. The molecule has 1 aliphatic carbocycles. The molecular formula is C33H42F2N4O. The van der Waals surface area contributed by atoms with Crippen molar-refractivity contribution in [3.8, 4) is 0 Å². The van der Waals surface area contributed by atoms with Crippen LogP contribution >= 0.6 is 0 Å². The second-order valence-corrected chi connectivity index (χ2v) is 12.4. The van der Waals surface area contributed by atoms with Crippen molar-refractivity contribution >= 4 is 11.6 Å². The first-order chi connectivity index (χ1) is 19.5. The Morgan fingerprint density at radius 2 is 1.85 bits per heavy atom. The Balaban J connectivity index is 1.16. The van der Waals surface area contributed by atoms with Gasteiger partial charge < -0.3 is 15.1 Å². The smallest absolute Gasteiger partial charge is 0.320 e. The highest BCUT2D eigenvalue weighted by Gasteiger charge is 2.48. The third-order valence-electron chi connectivity index (χ3n) is 10.2. The van der Waals surface area contributed by atoms with E-state index in [2.05, 4.69) is 46.6 Å². The highest BCUT2D eigenvalue weighted by Crippen LogP contribution is 2.49. The van der Waals surface area contributed by atoms with E-state index < -0.39 is 17.7 Å². The number of hydrogen-bond acceptors (Lipinski definition) is 3. The fraction of sp³-hybridized carbons (Fsp3) is 0.545. The van der Waals surface area contributed by atoms with Gasteiger partial charge in [0.05, 0.1) is 6.04 Å². The van der Waals surface area contributed by atoms with Gasteiger partial charge in [0.2, 0.25) is 0 Å². The van der Waals surface area contributed by atoms with Crippen LogP contribution in [0.5, 0.6) is 0 Å². The van der Waals surface area contributed by atoms with Gasteiger partial charge in [0.25, 0.3) is 0 Å². The summed E-state index contributed by atoms with van der Waals surface area (Å²) in [4.78, 5) is 20.6. The van der Waals surface area contributed by atoms with Crippen LogP contribution in [0.1, 0.15) is 62.1 Å². The molecule has 2 saturated heterocycles. The Morgan fingerprint density at radius 1 is 1.05 bits per heavy atom. The number of urea groups is 1. The van der Waals surface area contributed by atoms with Gasteiger partial charge in [0.1, 0.15) is 11.6 Å². The van der Waals surface area contributed by atoms with Crippen molar-refractivity contribution in [3.63, 3.8) is 0 Å². The van der Waals surface area contributed by atoms with Crippen molar-refractivity contribution in [1.82, 2.24) is 20.0 Å². The molecule has 0 bridgehead atoms. The lowest BCUT2D eigenvalue weighted by atomic mass is 9.69. The summed E-state index contributed by atoms with van der Waals surface area (Å²) >= 11 is 0. The molecule has 0 radical (unpaired) electrons. The van der Waals surface area contributed by atoms with Crippen molar-refractivity contribution in [1.29, 1.82) is 0 Å². The van der Waals surface area contributed by atoms with E-state index in [4.69, 9.17) is 0 Å². The van der Waals surface area contributed by atoms with Gasteiger partial charge in [0, 0.05) is 50.9 Å². The zero-order valence-electron chi connectivity index (χ0n) is 23.6. The first-order valence-electron chi connectivity index (χ1n) is 15.1. The number of likely N-dealkylation sites (tertiary alicyclic amines) is 2. The molecule has 0 unspecified atom stereocenters. The molecule has 2 aromatic rings. The summed E-state index contributed by atoms with van der Waals surface area (Å²) in [6.07, 6.45) is 9.52. The van der Waals surface area contributed by atoms with E-state index in [0.717, 1.165) is 64.5 Å². The summed E-state index contributed by atoms with van der Waals surface area (Å²) in [5.41, 5.74) is 3.16. The quantitative estimate of drug-likeness (QED) is 0.492. The van der Waals surface area contributed by atoms with E-state index in [-0.39, 0.29) is 23.1 Å². The Morgan fingerprint density at radius 3 is 2.62 bits per heavy atom. The summed E-state index contributed by atoms with van der Waals surface area (Å²) in [7, 11) is 1.90. The second kappa shape index (κ2) is 11.6. The van der Waals surface area contributed by atoms with Crippen LogP contribution in [0.25, 0.3) is 5.57 Å². The molecule has 40 heavy (non-hydrogen) atoms. The number of halogens is 2. The molecule has 1 spiro atoms. The van der Waals surface area contributed by atoms with Crippen LogP contribution in [0.2, 0.25) is 0 Å². The van der Waals surface area contributed by atoms with E-state index >= 15 is 0 Å². The summed E-state index contributed by atoms with van der Waals surface area (Å²) in [5, 5.41) is 3.29. The molecule has 4 aliphatic rings. The largest absolute Gasteiger partial charge is 0.324 e. The molecule has 3 heterocycles. The number of benzene rings is 2. The zero-order valence-corrected chi connectivity index (χ0v) is 23.6. The molecule has 214 valence electrons. The standard InChI is InChI=1S/C33H42F2N4O/c1-36-28-13-18-39(31(20-28)29-19-27(34)9-10-30(29)35)32(40)38-17-12-26(33(23-38)14-5-6-15-33)22-37-16-11-25(21-37)24-7-3-2-4-8-24/h2-4,7-11,19,26,28,31,36H,5-6,12-18,20-23H2,1H3/t26-,28+,31-/m0/s1. The number of carbonyl (C=O) groups excluding carboxylic acids is 1. The number of nitrogens with one attached hydrogen (secondary N) is 1. The lowest BCUT2D eigenvalue weighted by molar-refractivity contribution is 0.0159. The molecule has 2 amide bonds. The van der Waals surface area contributed by atoms with Crippen LogP contribution in [-0.4, -0.2) is 73.1 Å². The average molecular weight is 549 g/mol. The maximum atomic E-state index is 14.9. The Hall–Kier alpha value is -2.77. The predicted molar refractivity (Wildman–Crippen MR) is 155 cm³/mol. The molecule has 7 heteroatoms. The van der Waals surface area contributed by atoms with Gasteiger partial charge in [-0.05, 0) is 79.8 Å². The van der Waals surface area contributed by atoms with Crippen molar-refractivity contribution in [2.45, 2.75) is 57.0 Å². The minimum atomic E-state index is -0.473. The van der Waals surface area contributed by atoms with Crippen LogP contribution < -0.4 is 5.32 Å². The molecule has 2 aromatic carbocycles. The van der Waals surface area contributed by atoms with E-state index in [1.807, 2.05) is 16.8 Å². The lowest BCUT2D eigenvalue weighted by Gasteiger charge is -2.50. The number of rotatable bonds is 5. The minimum absolute atomic E-state index is 0.0119. The number of piperidine rings is 2. The lowest BCUT2D eigenvalue weighted by Crippen LogP contribution is -2.57. The van der Waals surface area contributed by atoms with E-state index in [0.29, 0.717) is 18.9 Å². The van der Waals surface area contributed by atoms with Gasteiger partial charge in [-0.3, -0.25) is 4.90 Å². The number of nitrogens with zero attached hydrogens (tertiary/aromatic N) is 3. The zero-order chi connectivity index (χ0) is 27.7. The Labute approximate surface area is 237 Å². The van der Waals surface area contributed by atoms with Gasteiger partial charge in [-0.2, -0.15) is 0 Å². The summed E-state index contributed by atoms with van der Waals surface area (Å²) in [5.74, 6) is -0.344. The van der Waals surface area contributed by atoms with Gasteiger partial charge in [-0.25, -0.2) is 13.6 Å². The van der Waals surface area contributed by atoms with Crippen LogP contribution in [-0.2, 0) is 0 Å². The molecule has 3 atom stereocenters. The van der Waals surface area contributed by atoms with Gasteiger partial charge in [0.15, 0.2) is 0 Å². The highest BCUT2D eigenvalue weighted by molar-refractivity contribution is 5.75. The van der Waals surface area contributed by atoms with E-state index in [1.165, 1.54) is 36.1 Å². The molecule has 6 rings (SSSR count). The van der Waals surface area contributed by atoms with Gasteiger partial charge in [-0.15, -0.1) is 0 Å². The van der Waals surface area contributed by atoms with Crippen molar-refractivity contribution < 1.29 is 13.6 Å². The summed E-state index contributed by atoms with van der Waals surface area (Å²) in [6, 6.07) is 14.0.